The predicted octanol–water partition coefficient (Wildman–Crippen LogP) is 1.42. The van der Waals surface area contributed by atoms with Gasteiger partial charge in [0.25, 0.3) is 0 Å². The van der Waals surface area contributed by atoms with Gasteiger partial charge in [-0.05, 0) is 5.56 Å². The number of aliphatic hydroxyl groups excluding tert-OH is 2. The summed E-state index contributed by atoms with van der Waals surface area (Å²) in [6.07, 6.45) is 0.739. The third-order valence-electron chi connectivity index (χ3n) is 4.22. The van der Waals surface area contributed by atoms with Crippen LogP contribution in [0.4, 0.5) is 0 Å². The fourth-order valence-corrected chi connectivity index (χ4v) is 5.98. The Kier molecular flexibility index (Phi) is 4.89. The van der Waals surface area contributed by atoms with Gasteiger partial charge >= 0.3 is 0 Å². The van der Waals surface area contributed by atoms with Gasteiger partial charge in [0.2, 0.25) is 5.78 Å². The maximum absolute atomic E-state index is 13.0. The fraction of sp³-hybridized carbons (Fsp3) is 0.562. The summed E-state index contributed by atoms with van der Waals surface area (Å²) in [6, 6.07) is 7.81. The number of benzene rings is 1. The summed E-state index contributed by atoms with van der Waals surface area (Å²) in [5.74, 6) is 1.59. The smallest absolute Gasteiger partial charge is 0.218 e. The molecule has 0 amide bonds. The lowest BCUT2D eigenvalue weighted by Gasteiger charge is -2.31. The maximum atomic E-state index is 13.0. The Labute approximate surface area is 123 Å². The number of hydrogen-bond acceptors (Lipinski definition) is 3. The summed E-state index contributed by atoms with van der Waals surface area (Å²) in [5, 5.41) is 18.7. The first-order chi connectivity index (χ1) is 9.57. The molecule has 0 saturated heterocycles. The van der Waals surface area contributed by atoms with Gasteiger partial charge in [0, 0.05) is 28.8 Å². The van der Waals surface area contributed by atoms with E-state index in [0.29, 0.717) is 11.5 Å². The molecular formula is C16H23O3S+. The predicted molar refractivity (Wildman–Crippen MR) is 83.3 cm³/mol. The summed E-state index contributed by atoms with van der Waals surface area (Å²) in [6.45, 7) is 4.31. The molecule has 0 spiro atoms. The molecule has 0 bridgehead atoms. The van der Waals surface area contributed by atoms with Gasteiger partial charge in [-0.15, -0.1) is 0 Å². The zero-order chi connectivity index (χ0) is 14.8. The van der Waals surface area contributed by atoms with Crippen LogP contribution in [0.25, 0.3) is 0 Å². The molecule has 0 radical (unpaired) electrons. The van der Waals surface area contributed by atoms with Gasteiger partial charge in [-0.2, -0.15) is 0 Å². The number of aliphatic hydroxyl groups is 2. The summed E-state index contributed by atoms with van der Waals surface area (Å²) < 4.78 is -0.449. The van der Waals surface area contributed by atoms with E-state index >= 15 is 0 Å². The van der Waals surface area contributed by atoms with E-state index in [1.165, 1.54) is 0 Å². The maximum Gasteiger partial charge on any atom is 0.218 e. The van der Waals surface area contributed by atoms with E-state index < -0.39 is 4.75 Å². The van der Waals surface area contributed by atoms with Crippen molar-refractivity contribution in [2.45, 2.75) is 25.0 Å². The van der Waals surface area contributed by atoms with Crippen molar-refractivity contribution in [3.63, 3.8) is 0 Å². The van der Waals surface area contributed by atoms with Crippen LogP contribution in [0.5, 0.6) is 0 Å². The van der Waals surface area contributed by atoms with Crippen LogP contribution in [-0.2, 0) is 17.3 Å². The van der Waals surface area contributed by atoms with Crippen molar-refractivity contribution in [1.29, 1.82) is 0 Å². The monoisotopic (exact) mass is 295 g/mol. The highest BCUT2D eigenvalue weighted by molar-refractivity contribution is 7.99. The van der Waals surface area contributed by atoms with Gasteiger partial charge in [0.05, 0.1) is 13.2 Å². The van der Waals surface area contributed by atoms with E-state index in [9.17, 15) is 15.0 Å². The van der Waals surface area contributed by atoms with Crippen molar-refractivity contribution in [2.24, 2.45) is 5.92 Å². The average molecular weight is 295 g/mol. The third-order valence-corrected chi connectivity index (χ3v) is 7.40. The molecule has 0 saturated carbocycles. The highest BCUT2D eigenvalue weighted by Crippen LogP contribution is 2.42. The first-order valence-corrected chi connectivity index (χ1v) is 8.66. The Morgan fingerprint density at radius 1 is 1.20 bits per heavy atom. The molecule has 1 aromatic rings. The Hall–Kier alpha value is -0.840. The molecule has 0 aliphatic heterocycles. The molecule has 110 valence electrons. The van der Waals surface area contributed by atoms with Gasteiger partial charge in [-0.3, -0.25) is 4.79 Å². The lowest BCUT2D eigenvalue weighted by molar-refractivity contribution is 0.0931. The molecule has 1 aromatic carbocycles. The van der Waals surface area contributed by atoms with Crippen LogP contribution in [0.2, 0.25) is 0 Å². The van der Waals surface area contributed by atoms with Gasteiger partial charge in [-0.1, -0.05) is 38.1 Å². The highest BCUT2D eigenvalue weighted by Gasteiger charge is 2.59. The molecule has 0 aromatic heterocycles. The molecular weight excluding hydrogens is 272 g/mol. The minimum atomic E-state index is -0.449. The van der Waals surface area contributed by atoms with Gasteiger partial charge in [0.15, 0.2) is 4.75 Å². The van der Waals surface area contributed by atoms with Gasteiger partial charge in [0.1, 0.15) is 11.5 Å². The fourth-order valence-electron chi connectivity index (χ4n) is 3.21. The second-order valence-corrected chi connectivity index (χ2v) is 8.09. The van der Waals surface area contributed by atoms with Crippen molar-refractivity contribution in [3.05, 3.63) is 35.4 Å². The summed E-state index contributed by atoms with van der Waals surface area (Å²) in [5.41, 5.74) is 1.94. The van der Waals surface area contributed by atoms with Crippen LogP contribution in [-0.4, -0.2) is 45.5 Å². The van der Waals surface area contributed by atoms with Crippen molar-refractivity contribution < 1.29 is 15.0 Å². The van der Waals surface area contributed by atoms with Crippen molar-refractivity contribution in [2.75, 3.05) is 24.7 Å². The highest BCUT2D eigenvalue weighted by atomic mass is 32.2. The van der Waals surface area contributed by atoms with E-state index in [0.717, 1.165) is 17.5 Å². The van der Waals surface area contributed by atoms with E-state index in [1.54, 1.807) is 0 Å². The van der Waals surface area contributed by atoms with E-state index in [2.05, 4.69) is 13.8 Å². The molecule has 0 heterocycles. The molecule has 0 fully saturated rings. The Bertz CT molecular complexity index is 480. The first-order valence-electron chi connectivity index (χ1n) is 7.10. The first kappa shape index (κ1) is 15.5. The van der Waals surface area contributed by atoms with E-state index in [-0.39, 0.29) is 35.8 Å². The minimum absolute atomic E-state index is 0.0706. The largest absolute Gasteiger partial charge is 0.391 e. The van der Waals surface area contributed by atoms with Gasteiger partial charge < -0.3 is 10.2 Å². The van der Waals surface area contributed by atoms with Crippen LogP contribution in [0.15, 0.2) is 24.3 Å². The Balaban J connectivity index is 2.45. The van der Waals surface area contributed by atoms with Crippen LogP contribution >= 0.6 is 0 Å². The number of rotatable bonds is 6. The zero-order valence-corrected chi connectivity index (χ0v) is 12.9. The Morgan fingerprint density at radius 3 is 2.30 bits per heavy atom. The molecule has 2 rings (SSSR count). The van der Waals surface area contributed by atoms with Crippen LogP contribution in [0.3, 0.4) is 0 Å². The van der Waals surface area contributed by atoms with Crippen molar-refractivity contribution in [3.8, 4) is 0 Å². The van der Waals surface area contributed by atoms with Crippen molar-refractivity contribution in [1.82, 2.24) is 0 Å². The molecule has 2 N–H and O–H groups in total. The number of hydrogen-bond donors (Lipinski definition) is 2. The molecule has 1 aliphatic carbocycles. The lowest BCUT2D eigenvalue weighted by Crippen LogP contribution is -2.52. The van der Waals surface area contributed by atoms with E-state index in [1.807, 2.05) is 24.3 Å². The number of carbonyl (C=O) groups excluding carboxylic acids is 1. The number of ketones is 1. The number of carbonyl (C=O) groups is 1. The zero-order valence-electron chi connectivity index (χ0n) is 12.1. The standard InChI is InChI=1S/C16H23O3S/c1-12(2)16(20(9-7-17)10-8-18)11-13-5-3-4-6-14(13)15(16)19/h3-6,12,17-18H,7-11H2,1-2H3/q+1. The normalized spacial score (nSPS) is 21.8. The molecule has 1 unspecified atom stereocenters. The summed E-state index contributed by atoms with van der Waals surface area (Å²) in [7, 11) is -0.294. The van der Waals surface area contributed by atoms with E-state index in [4.69, 9.17) is 0 Å². The lowest BCUT2D eigenvalue weighted by atomic mass is 9.91. The minimum Gasteiger partial charge on any atom is -0.391 e. The SMILES string of the molecule is CC(C)C1([S+](CCO)CCO)Cc2ccccc2C1=O. The van der Waals surface area contributed by atoms with Crippen LogP contribution in [0, 0.1) is 5.92 Å². The summed E-state index contributed by atoms with van der Waals surface area (Å²) in [4.78, 5) is 13.0. The summed E-state index contributed by atoms with van der Waals surface area (Å²) >= 11 is 0. The molecule has 1 atom stereocenters. The second kappa shape index (κ2) is 6.29. The molecule has 4 heteroatoms. The number of Topliss-reactive ketones (excluding diaryl/α,β-unsaturated/α-hetero) is 1. The number of fused-ring (bicyclic) bond motifs is 1. The topological polar surface area (TPSA) is 57.5 Å². The van der Waals surface area contributed by atoms with Gasteiger partial charge in [-0.25, -0.2) is 0 Å². The van der Waals surface area contributed by atoms with Crippen LogP contribution < -0.4 is 0 Å². The second-order valence-electron chi connectivity index (χ2n) is 5.56. The molecule has 20 heavy (non-hydrogen) atoms. The molecule has 1 aliphatic rings. The van der Waals surface area contributed by atoms with Crippen LogP contribution in [0.1, 0.15) is 29.8 Å². The average Bonchev–Trinajstić information content (AvgIpc) is 2.73. The third kappa shape index (κ3) is 2.41. The molecule has 3 nitrogen and oxygen atoms in total. The Morgan fingerprint density at radius 2 is 1.80 bits per heavy atom. The quantitative estimate of drug-likeness (QED) is 0.781. The van der Waals surface area contributed by atoms with Crippen molar-refractivity contribution >= 4 is 16.7 Å².